The van der Waals surface area contributed by atoms with Crippen molar-refractivity contribution in [2.24, 2.45) is 0 Å². The second-order valence-electron chi connectivity index (χ2n) is 5.65. The molecule has 0 fully saturated rings. The Morgan fingerprint density at radius 2 is 2.03 bits per heavy atom. The highest BCUT2D eigenvalue weighted by Gasteiger charge is 2.34. The Morgan fingerprint density at radius 3 is 2.63 bits per heavy atom. The summed E-state index contributed by atoms with van der Waals surface area (Å²) < 4.78 is 39.5. The number of nitro benzene ring substituents is 1. The van der Waals surface area contributed by atoms with E-state index in [2.05, 4.69) is 15.3 Å². The topological polar surface area (TPSA) is 98.0 Å². The molecule has 0 radical (unpaired) electrons. The summed E-state index contributed by atoms with van der Waals surface area (Å²) in [6.07, 6.45) is -4.67. The third kappa shape index (κ3) is 5.46. The van der Waals surface area contributed by atoms with Crippen molar-refractivity contribution >= 4 is 52.0 Å². The lowest BCUT2D eigenvalue weighted by Crippen LogP contribution is -2.15. The first-order chi connectivity index (χ1) is 14.1. The van der Waals surface area contributed by atoms with Gasteiger partial charge in [-0.2, -0.15) is 13.2 Å². The van der Waals surface area contributed by atoms with Crippen LogP contribution in [0.4, 0.5) is 24.5 Å². The van der Waals surface area contributed by atoms with Crippen LogP contribution in [0.3, 0.4) is 0 Å². The number of non-ortho nitro benzene ring substituents is 1. The monoisotopic (exact) mass is 474 g/mol. The van der Waals surface area contributed by atoms with Gasteiger partial charge in [0.05, 0.1) is 32.0 Å². The highest BCUT2D eigenvalue weighted by atomic mass is 35.5. The lowest BCUT2D eigenvalue weighted by Gasteiger charge is -2.10. The fraction of sp³-hybridized carbons (Fsp3) is 0.118. The van der Waals surface area contributed by atoms with E-state index >= 15 is 0 Å². The molecule has 0 bridgehead atoms. The van der Waals surface area contributed by atoms with Gasteiger partial charge in [-0.05, 0) is 23.6 Å². The summed E-state index contributed by atoms with van der Waals surface area (Å²) in [5.41, 5.74) is -1.11. The lowest BCUT2D eigenvalue weighted by molar-refractivity contribution is -0.384. The molecule has 3 aromatic rings. The summed E-state index contributed by atoms with van der Waals surface area (Å²) in [6, 6.07) is 7.67. The first-order valence-electron chi connectivity index (χ1n) is 8.00. The van der Waals surface area contributed by atoms with Gasteiger partial charge >= 0.3 is 6.18 Å². The Morgan fingerprint density at radius 1 is 1.27 bits per heavy atom. The number of alkyl halides is 3. The van der Waals surface area contributed by atoms with Crippen LogP contribution in [0.2, 0.25) is 5.02 Å². The highest BCUT2D eigenvalue weighted by molar-refractivity contribution is 7.99. The van der Waals surface area contributed by atoms with Gasteiger partial charge in [0.15, 0.2) is 5.16 Å². The SMILES string of the molecule is O=C(CSc1nc(-c2cccs2)cc(C(F)(F)F)n1)Nc1ccc([N+](=O)[O-])cc1Cl. The Kier molecular flexibility index (Phi) is 6.58. The largest absolute Gasteiger partial charge is 0.433 e. The fourth-order valence-corrected chi connectivity index (χ4v) is 3.79. The van der Waals surface area contributed by atoms with Crippen LogP contribution >= 0.6 is 34.7 Å². The molecule has 0 aliphatic carbocycles. The molecule has 2 aromatic heterocycles. The van der Waals surface area contributed by atoms with Crippen LogP contribution in [0.1, 0.15) is 5.69 Å². The first-order valence-corrected chi connectivity index (χ1v) is 10.2. The van der Waals surface area contributed by atoms with E-state index in [1.54, 1.807) is 17.5 Å². The first kappa shape index (κ1) is 22.0. The van der Waals surface area contributed by atoms with Crippen LogP contribution in [0.25, 0.3) is 10.6 Å². The molecule has 0 atom stereocenters. The summed E-state index contributed by atoms with van der Waals surface area (Å²) in [6.45, 7) is 0. The number of halogens is 4. The molecule has 1 amide bonds. The van der Waals surface area contributed by atoms with Gasteiger partial charge in [0.1, 0.15) is 5.69 Å². The number of thioether (sulfide) groups is 1. The van der Waals surface area contributed by atoms with E-state index in [1.165, 1.54) is 17.4 Å². The minimum absolute atomic E-state index is 0.0437. The van der Waals surface area contributed by atoms with Crippen LogP contribution in [-0.2, 0) is 11.0 Å². The highest BCUT2D eigenvalue weighted by Crippen LogP contribution is 2.33. The number of thiophene rings is 1. The summed E-state index contributed by atoms with van der Waals surface area (Å²) >= 11 is 7.86. The summed E-state index contributed by atoms with van der Waals surface area (Å²) in [7, 11) is 0. The maximum absolute atomic E-state index is 13.2. The molecule has 0 saturated heterocycles. The number of nitro groups is 1. The summed E-state index contributed by atoms with van der Waals surface area (Å²) in [5, 5.41) is 14.6. The number of benzene rings is 1. The van der Waals surface area contributed by atoms with Crippen LogP contribution in [0.15, 0.2) is 46.9 Å². The van der Waals surface area contributed by atoms with Gasteiger partial charge in [-0.3, -0.25) is 14.9 Å². The zero-order chi connectivity index (χ0) is 21.9. The molecule has 30 heavy (non-hydrogen) atoms. The number of anilines is 1. The second kappa shape index (κ2) is 8.98. The molecule has 1 N–H and O–H groups in total. The van der Waals surface area contributed by atoms with Crippen molar-refractivity contribution in [3.8, 4) is 10.6 Å². The zero-order valence-corrected chi connectivity index (χ0v) is 17.0. The van der Waals surface area contributed by atoms with Crippen LogP contribution < -0.4 is 5.32 Å². The number of carbonyl (C=O) groups is 1. The third-order valence-corrected chi connectivity index (χ3v) is 5.59. The molecule has 3 rings (SSSR count). The van der Waals surface area contributed by atoms with Crippen molar-refractivity contribution in [3.63, 3.8) is 0 Å². The van der Waals surface area contributed by atoms with Gasteiger partial charge in [0.25, 0.3) is 5.69 Å². The van der Waals surface area contributed by atoms with E-state index in [0.29, 0.717) is 4.88 Å². The molecule has 13 heteroatoms. The zero-order valence-electron chi connectivity index (χ0n) is 14.6. The molecule has 156 valence electrons. The van der Waals surface area contributed by atoms with Crippen molar-refractivity contribution in [1.29, 1.82) is 0 Å². The van der Waals surface area contributed by atoms with Crippen LogP contribution in [-0.4, -0.2) is 26.6 Å². The summed E-state index contributed by atoms with van der Waals surface area (Å²) in [5.74, 6) is -0.882. The Balaban J connectivity index is 1.74. The van der Waals surface area contributed by atoms with Crippen molar-refractivity contribution in [2.75, 3.05) is 11.1 Å². The van der Waals surface area contributed by atoms with Gasteiger partial charge < -0.3 is 5.32 Å². The Hall–Kier alpha value is -2.70. The van der Waals surface area contributed by atoms with E-state index < -0.39 is 22.7 Å². The van der Waals surface area contributed by atoms with Crippen molar-refractivity contribution < 1.29 is 22.9 Å². The standard InChI is InChI=1S/C17H10ClF3N4O3S2/c18-10-6-9(25(27)28)3-4-11(10)22-15(26)8-30-16-23-12(13-2-1-5-29-13)7-14(24-16)17(19,20)21/h1-7H,8H2,(H,22,26). The quantitative estimate of drug-likeness (QED) is 0.219. The van der Waals surface area contributed by atoms with E-state index in [-0.39, 0.29) is 33.0 Å². The third-order valence-electron chi connectivity index (χ3n) is 3.54. The molecule has 7 nitrogen and oxygen atoms in total. The van der Waals surface area contributed by atoms with Crippen molar-refractivity contribution in [1.82, 2.24) is 9.97 Å². The number of rotatable bonds is 6. The van der Waals surface area contributed by atoms with Gasteiger partial charge in [0, 0.05) is 12.1 Å². The molecule has 0 aliphatic heterocycles. The van der Waals surface area contributed by atoms with E-state index in [0.717, 1.165) is 30.0 Å². The molecular weight excluding hydrogens is 465 g/mol. The van der Waals surface area contributed by atoms with E-state index in [4.69, 9.17) is 11.6 Å². The van der Waals surface area contributed by atoms with E-state index in [9.17, 15) is 28.1 Å². The number of hydrogen-bond acceptors (Lipinski definition) is 7. The number of nitrogens with zero attached hydrogens (tertiary/aromatic N) is 3. The molecular formula is C17H10ClF3N4O3S2. The molecule has 0 unspecified atom stereocenters. The van der Waals surface area contributed by atoms with Gasteiger partial charge in [0.2, 0.25) is 5.91 Å². The normalized spacial score (nSPS) is 11.3. The maximum atomic E-state index is 13.2. The second-order valence-corrected chi connectivity index (χ2v) is 7.95. The van der Waals surface area contributed by atoms with Crippen LogP contribution in [0, 0.1) is 10.1 Å². The average molecular weight is 475 g/mol. The fourth-order valence-electron chi connectivity index (χ4n) is 2.22. The Labute approximate surface area is 180 Å². The van der Waals surface area contributed by atoms with Gasteiger partial charge in [-0.15, -0.1) is 11.3 Å². The summed E-state index contributed by atoms with van der Waals surface area (Å²) in [4.78, 5) is 30.4. The molecule has 2 heterocycles. The van der Waals surface area contributed by atoms with Crippen LogP contribution in [0.5, 0.6) is 0 Å². The maximum Gasteiger partial charge on any atom is 0.433 e. The molecule has 1 aromatic carbocycles. The lowest BCUT2D eigenvalue weighted by atomic mass is 10.3. The molecule has 0 aliphatic rings. The molecule has 0 spiro atoms. The average Bonchev–Trinajstić information content (AvgIpc) is 3.22. The molecule has 0 saturated carbocycles. The number of amides is 1. The van der Waals surface area contributed by atoms with Gasteiger partial charge in [-0.1, -0.05) is 29.4 Å². The number of aromatic nitrogens is 2. The minimum Gasteiger partial charge on any atom is -0.324 e. The predicted octanol–water partition coefficient (Wildman–Crippen LogP) is 5.52. The number of nitrogens with one attached hydrogen (secondary N) is 1. The number of carbonyl (C=O) groups excluding carboxylic acids is 1. The van der Waals surface area contributed by atoms with Gasteiger partial charge in [-0.25, -0.2) is 9.97 Å². The van der Waals surface area contributed by atoms with Crippen molar-refractivity contribution in [2.45, 2.75) is 11.3 Å². The Bertz CT molecular complexity index is 1090. The van der Waals surface area contributed by atoms with E-state index in [1.807, 2.05) is 0 Å². The number of hydrogen-bond donors (Lipinski definition) is 1. The predicted molar refractivity (Wildman–Crippen MR) is 108 cm³/mol. The van der Waals surface area contributed by atoms with Crippen molar-refractivity contribution in [3.05, 3.63) is 62.6 Å². The smallest absolute Gasteiger partial charge is 0.324 e. The minimum atomic E-state index is -4.67.